The third-order valence-electron chi connectivity index (χ3n) is 4.07. The molecule has 0 radical (unpaired) electrons. The number of carbonyl (C=O) groups is 1. The Morgan fingerprint density at radius 2 is 1.85 bits per heavy atom. The largest absolute Gasteiger partial charge is 0.461 e. The first-order valence-electron chi connectivity index (χ1n) is 8.22. The van der Waals surface area contributed by atoms with E-state index in [0.717, 1.165) is 16.7 Å². The van der Waals surface area contributed by atoms with Crippen LogP contribution in [0.25, 0.3) is 22.3 Å². The van der Waals surface area contributed by atoms with Crippen molar-refractivity contribution in [3.8, 4) is 28.3 Å². The Morgan fingerprint density at radius 1 is 1.15 bits per heavy atom. The van der Waals surface area contributed by atoms with Gasteiger partial charge in [0.05, 0.1) is 12.2 Å². The minimum atomic E-state index is -0.458. The van der Waals surface area contributed by atoms with Gasteiger partial charge in [-0.25, -0.2) is 4.79 Å². The summed E-state index contributed by atoms with van der Waals surface area (Å²) in [5.74, 6) is -0.458. The number of H-pyrrole nitrogens is 1. The molecule has 0 spiro atoms. The number of hydrogen-bond acceptors (Lipinski definition) is 4. The normalized spacial score (nSPS) is 10.3. The van der Waals surface area contributed by atoms with E-state index in [1.807, 2.05) is 36.4 Å². The molecule has 5 heteroatoms. The van der Waals surface area contributed by atoms with Crippen molar-refractivity contribution in [1.29, 1.82) is 5.26 Å². The Kier molecular flexibility index (Phi) is 5.45. The molecule has 3 rings (SSSR count). The summed E-state index contributed by atoms with van der Waals surface area (Å²) >= 11 is 1.70. The number of ether oxygens (including phenoxy) is 1. The molecule has 2 aromatic carbocycles. The van der Waals surface area contributed by atoms with E-state index in [-0.39, 0.29) is 6.61 Å². The van der Waals surface area contributed by atoms with E-state index < -0.39 is 5.97 Å². The topological polar surface area (TPSA) is 65.9 Å². The SMILES string of the molecule is CCOC(=O)c1[nH]cc(C#N)c1-c1ccc(-c2ccccc2SC)cc1. The van der Waals surface area contributed by atoms with Crippen LogP contribution < -0.4 is 0 Å². The lowest BCUT2D eigenvalue weighted by Gasteiger charge is -2.09. The summed E-state index contributed by atoms with van der Waals surface area (Å²) in [6.45, 7) is 2.04. The molecule has 0 aliphatic rings. The standard InChI is InChI=1S/C21H18N2O2S/c1-3-25-21(24)20-19(16(12-22)13-23-20)15-10-8-14(9-11-15)17-6-4-5-7-18(17)26-2/h4-11,13,23H,3H2,1-2H3. The lowest BCUT2D eigenvalue weighted by atomic mass is 9.98. The Bertz CT molecular complexity index is 968. The van der Waals surface area contributed by atoms with Gasteiger partial charge >= 0.3 is 5.97 Å². The number of aromatic amines is 1. The van der Waals surface area contributed by atoms with Crippen molar-refractivity contribution >= 4 is 17.7 Å². The summed E-state index contributed by atoms with van der Waals surface area (Å²) in [6, 6.07) is 18.2. The molecule has 1 heterocycles. The van der Waals surface area contributed by atoms with Gasteiger partial charge in [-0.15, -0.1) is 11.8 Å². The predicted octanol–water partition coefficient (Wildman–Crippen LogP) is 5.12. The fraction of sp³-hybridized carbons (Fsp3) is 0.143. The van der Waals surface area contributed by atoms with E-state index in [9.17, 15) is 10.1 Å². The van der Waals surface area contributed by atoms with E-state index in [4.69, 9.17) is 4.74 Å². The van der Waals surface area contributed by atoms with Gasteiger partial charge in [-0.3, -0.25) is 0 Å². The molecule has 4 nitrogen and oxygen atoms in total. The summed E-state index contributed by atoms with van der Waals surface area (Å²) in [4.78, 5) is 16.2. The summed E-state index contributed by atoms with van der Waals surface area (Å²) in [7, 11) is 0. The highest BCUT2D eigenvalue weighted by Crippen LogP contribution is 2.33. The van der Waals surface area contributed by atoms with Gasteiger partial charge in [-0.2, -0.15) is 5.26 Å². The number of benzene rings is 2. The quantitative estimate of drug-likeness (QED) is 0.505. The van der Waals surface area contributed by atoms with Crippen LogP contribution in [0.4, 0.5) is 0 Å². The van der Waals surface area contributed by atoms with Gasteiger partial charge in [0.25, 0.3) is 0 Å². The van der Waals surface area contributed by atoms with E-state index >= 15 is 0 Å². The molecule has 0 unspecified atom stereocenters. The summed E-state index contributed by atoms with van der Waals surface area (Å²) in [6.07, 6.45) is 3.59. The monoisotopic (exact) mass is 362 g/mol. The van der Waals surface area contributed by atoms with Gasteiger partial charge < -0.3 is 9.72 Å². The van der Waals surface area contributed by atoms with Gasteiger partial charge in [0.15, 0.2) is 0 Å². The Morgan fingerprint density at radius 3 is 2.50 bits per heavy atom. The first kappa shape index (κ1) is 17.8. The lowest BCUT2D eigenvalue weighted by Crippen LogP contribution is -2.06. The second kappa shape index (κ2) is 7.94. The van der Waals surface area contributed by atoms with E-state index in [1.165, 1.54) is 4.90 Å². The molecule has 0 aliphatic carbocycles. The number of carbonyl (C=O) groups excluding carboxylic acids is 1. The molecule has 0 aliphatic heterocycles. The third-order valence-corrected chi connectivity index (χ3v) is 4.87. The zero-order valence-corrected chi connectivity index (χ0v) is 15.4. The predicted molar refractivity (Wildman–Crippen MR) is 104 cm³/mol. The van der Waals surface area contributed by atoms with Crippen LogP contribution in [0.2, 0.25) is 0 Å². The Labute approximate surface area is 156 Å². The average Bonchev–Trinajstić information content (AvgIpc) is 3.12. The van der Waals surface area contributed by atoms with Crippen LogP contribution >= 0.6 is 11.8 Å². The number of nitrogens with one attached hydrogen (secondary N) is 1. The number of aromatic nitrogens is 1. The lowest BCUT2D eigenvalue weighted by molar-refractivity contribution is 0.0521. The molecule has 1 aromatic heterocycles. The number of hydrogen-bond donors (Lipinski definition) is 1. The maximum atomic E-state index is 12.2. The van der Waals surface area contributed by atoms with Crippen LogP contribution in [-0.2, 0) is 4.74 Å². The molecule has 0 atom stereocenters. The van der Waals surface area contributed by atoms with E-state index in [1.54, 1.807) is 24.9 Å². The fourth-order valence-electron chi connectivity index (χ4n) is 2.88. The molecule has 26 heavy (non-hydrogen) atoms. The van der Waals surface area contributed by atoms with Crippen molar-refractivity contribution in [3.63, 3.8) is 0 Å². The molecule has 0 saturated heterocycles. The Balaban J connectivity index is 2.03. The van der Waals surface area contributed by atoms with Crippen LogP contribution in [0.5, 0.6) is 0 Å². The van der Waals surface area contributed by atoms with E-state index in [2.05, 4.69) is 29.4 Å². The van der Waals surface area contributed by atoms with Crippen molar-refractivity contribution in [1.82, 2.24) is 4.98 Å². The average molecular weight is 362 g/mol. The molecular formula is C21H18N2O2S. The van der Waals surface area contributed by atoms with Crippen molar-refractivity contribution in [2.75, 3.05) is 12.9 Å². The second-order valence-electron chi connectivity index (χ2n) is 5.56. The number of esters is 1. The van der Waals surface area contributed by atoms with Crippen molar-refractivity contribution in [3.05, 3.63) is 66.0 Å². The van der Waals surface area contributed by atoms with Crippen LogP contribution in [-0.4, -0.2) is 23.8 Å². The van der Waals surface area contributed by atoms with Gasteiger partial charge in [-0.1, -0.05) is 42.5 Å². The molecule has 1 N–H and O–H groups in total. The van der Waals surface area contributed by atoms with Crippen LogP contribution in [0.15, 0.2) is 59.6 Å². The van der Waals surface area contributed by atoms with Gasteiger partial charge in [0.1, 0.15) is 11.8 Å². The number of nitriles is 1. The highest BCUT2D eigenvalue weighted by Gasteiger charge is 2.20. The molecule has 0 saturated carbocycles. The molecule has 3 aromatic rings. The first-order valence-corrected chi connectivity index (χ1v) is 9.44. The Hall–Kier alpha value is -2.97. The molecule has 130 valence electrons. The van der Waals surface area contributed by atoms with Gasteiger partial charge in [0, 0.05) is 16.7 Å². The van der Waals surface area contributed by atoms with Crippen LogP contribution in [0, 0.1) is 11.3 Å². The summed E-state index contributed by atoms with van der Waals surface area (Å²) < 4.78 is 5.09. The highest BCUT2D eigenvalue weighted by atomic mass is 32.2. The number of rotatable bonds is 5. The third kappa shape index (κ3) is 3.37. The molecular weight excluding hydrogens is 344 g/mol. The molecule has 0 bridgehead atoms. The summed E-state index contributed by atoms with van der Waals surface area (Å²) in [5, 5.41) is 9.38. The smallest absolute Gasteiger partial charge is 0.355 e. The van der Waals surface area contributed by atoms with E-state index in [0.29, 0.717) is 16.8 Å². The maximum absolute atomic E-state index is 12.2. The molecule has 0 amide bonds. The number of nitrogens with zero attached hydrogens (tertiary/aromatic N) is 1. The maximum Gasteiger partial charge on any atom is 0.355 e. The fourth-order valence-corrected chi connectivity index (χ4v) is 3.50. The van der Waals surface area contributed by atoms with Crippen molar-refractivity contribution in [2.24, 2.45) is 0 Å². The highest BCUT2D eigenvalue weighted by molar-refractivity contribution is 7.98. The summed E-state index contributed by atoms with van der Waals surface area (Å²) in [5.41, 5.74) is 4.36. The second-order valence-corrected chi connectivity index (χ2v) is 6.41. The van der Waals surface area contributed by atoms with Crippen molar-refractivity contribution < 1.29 is 9.53 Å². The zero-order valence-electron chi connectivity index (χ0n) is 14.6. The van der Waals surface area contributed by atoms with Gasteiger partial charge in [0.2, 0.25) is 0 Å². The molecule has 0 fully saturated rings. The van der Waals surface area contributed by atoms with Gasteiger partial charge in [-0.05, 0) is 35.9 Å². The number of thioether (sulfide) groups is 1. The van der Waals surface area contributed by atoms with Crippen LogP contribution in [0.3, 0.4) is 0 Å². The van der Waals surface area contributed by atoms with Crippen molar-refractivity contribution in [2.45, 2.75) is 11.8 Å². The minimum absolute atomic E-state index is 0.281. The first-order chi connectivity index (χ1) is 12.7. The minimum Gasteiger partial charge on any atom is -0.461 e. The zero-order chi connectivity index (χ0) is 18.5. The van der Waals surface area contributed by atoms with Crippen LogP contribution in [0.1, 0.15) is 23.0 Å².